The Bertz CT molecular complexity index is 1190. The first-order valence-corrected chi connectivity index (χ1v) is 13.2. The normalized spacial score (nSPS) is 11.1. The van der Waals surface area contributed by atoms with E-state index in [0.29, 0.717) is 16.6 Å². The van der Waals surface area contributed by atoms with E-state index in [9.17, 15) is 13.2 Å². The molecule has 176 valence electrons. The standard InChI is InChI=1S/C21H24N4O5S3/c1-4-12-31-21-24-23-20(32-21)22-19(26)14-25(33(27,28)16-8-6-5-7-9-16)15-10-11-17(29-2)18(13-15)30-3/h5-11,13H,4,12,14H2,1-3H3,(H,22,23,26). The average molecular weight is 509 g/mol. The number of nitrogens with zero attached hydrogens (tertiary/aromatic N) is 3. The molecule has 0 aliphatic heterocycles. The Labute approximate surface area is 201 Å². The molecule has 33 heavy (non-hydrogen) atoms. The van der Waals surface area contributed by atoms with Gasteiger partial charge in [-0.1, -0.05) is 48.2 Å². The van der Waals surface area contributed by atoms with Gasteiger partial charge < -0.3 is 9.47 Å². The molecule has 12 heteroatoms. The molecule has 0 aliphatic carbocycles. The molecule has 0 atom stereocenters. The number of nitrogens with one attached hydrogen (secondary N) is 1. The monoisotopic (exact) mass is 508 g/mol. The first-order chi connectivity index (χ1) is 15.9. The number of methoxy groups -OCH3 is 2. The lowest BCUT2D eigenvalue weighted by atomic mass is 10.2. The topological polar surface area (TPSA) is 111 Å². The minimum absolute atomic E-state index is 0.0572. The van der Waals surface area contributed by atoms with Crippen LogP contribution in [0.5, 0.6) is 11.5 Å². The van der Waals surface area contributed by atoms with Gasteiger partial charge in [-0.25, -0.2) is 8.42 Å². The van der Waals surface area contributed by atoms with Crippen molar-refractivity contribution in [2.45, 2.75) is 22.6 Å². The van der Waals surface area contributed by atoms with Crippen LogP contribution in [-0.2, 0) is 14.8 Å². The van der Waals surface area contributed by atoms with Crippen molar-refractivity contribution < 1.29 is 22.7 Å². The summed E-state index contributed by atoms with van der Waals surface area (Å²) < 4.78 is 39.2. The van der Waals surface area contributed by atoms with E-state index in [1.165, 1.54) is 43.8 Å². The summed E-state index contributed by atoms with van der Waals surface area (Å²) in [6.45, 7) is 1.59. The second-order valence-electron chi connectivity index (χ2n) is 6.63. The molecule has 0 unspecified atom stereocenters. The number of sulfonamides is 1. The molecule has 0 aliphatic rings. The molecule has 0 fully saturated rings. The van der Waals surface area contributed by atoms with Crippen LogP contribution in [0.2, 0.25) is 0 Å². The summed E-state index contributed by atoms with van der Waals surface area (Å²) in [5, 5.41) is 11.0. The zero-order chi connectivity index (χ0) is 23.8. The van der Waals surface area contributed by atoms with E-state index < -0.39 is 22.5 Å². The maximum Gasteiger partial charge on any atom is 0.264 e. The van der Waals surface area contributed by atoms with Crippen molar-refractivity contribution in [1.82, 2.24) is 10.2 Å². The lowest BCUT2D eigenvalue weighted by Crippen LogP contribution is -2.38. The molecule has 1 amide bonds. The molecule has 0 saturated carbocycles. The highest BCUT2D eigenvalue weighted by molar-refractivity contribution is 8.01. The molecule has 3 aromatic rings. The number of carbonyl (C=O) groups is 1. The van der Waals surface area contributed by atoms with Gasteiger partial charge in [0.25, 0.3) is 10.0 Å². The van der Waals surface area contributed by atoms with Crippen molar-refractivity contribution in [1.29, 1.82) is 0 Å². The number of anilines is 2. The second-order valence-corrected chi connectivity index (χ2v) is 10.8. The van der Waals surface area contributed by atoms with Gasteiger partial charge in [0, 0.05) is 11.8 Å². The summed E-state index contributed by atoms with van der Waals surface area (Å²) >= 11 is 2.79. The summed E-state index contributed by atoms with van der Waals surface area (Å²) in [7, 11) is -1.12. The molecule has 9 nitrogen and oxygen atoms in total. The van der Waals surface area contributed by atoms with Gasteiger partial charge in [0.1, 0.15) is 6.54 Å². The molecule has 0 spiro atoms. The van der Waals surface area contributed by atoms with Gasteiger partial charge >= 0.3 is 0 Å². The third-order valence-electron chi connectivity index (χ3n) is 4.36. The molecule has 2 aromatic carbocycles. The van der Waals surface area contributed by atoms with Gasteiger partial charge in [-0.3, -0.25) is 14.4 Å². The van der Waals surface area contributed by atoms with Crippen LogP contribution < -0.4 is 19.1 Å². The highest BCUT2D eigenvalue weighted by atomic mass is 32.2. The molecular weight excluding hydrogens is 484 g/mol. The maximum atomic E-state index is 13.4. The summed E-state index contributed by atoms with van der Waals surface area (Å²) in [5.74, 6) is 1.12. The van der Waals surface area contributed by atoms with Crippen molar-refractivity contribution in [3.63, 3.8) is 0 Å². The first kappa shape index (κ1) is 24.8. The molecule has 1 heterocycles. The van der Waals surface area contributed by atoms with Crippen molar-refractivity contribution in [2.75, 3.05) is 36.1 Å². The summed E-state index contributed by atoms with van der Waals surface area (Å²) in [5.41, 5.74) is 0.253. The number of thioether (sulfide) groups is 1. The van der Waals surface area contributed by atoms with E-state index in [4.69, 9.17) is 9.47 Å². The fourth-order valence-electron chi connectivity index (χ4n) is 2.81. The zero-order valence-corrected chi connectivity index (χ0v) is 20.8. The predicted octanol–water partition coefficient (Wildman–Crippen LogP) is 3.89. The third-order valence-corrected chi connectivity index (χ3v) is 8.32. The summed E-state index contributed by atoms with van der Waals surface area (Å²) in [4.78, 5) is 12.9. The number of carbonyl (C=O) groups excluding carboxylic acids is 1. The van der Waals surface area contributed by atoms with Crippen molar-refractivity contribution in [2.24, 2.45) is 0 Å². The highest BCUT2D eigenvalue weighted by Gasteiger charge is 2.28. The van der Waals surface area contributed by atoms with Crippen LogP contribution in [0.1, 0.15) is 13.3 Å². The molecule has 1 aromatic heterocycles. The minimum Gasteiger partial charge on any atom is -0.493 e. The lowest BCUT2D eigenvalue weighted by Gasteiger charge is -2.24. The Hall–Kier alpha value is -2.83. The van der Waals surface area contributed by atoms with Gasteiger partial charge in [-0.2, -0.15) is 0 Å². The van der Waals surface area contributed by atoms with E-state index in [2.05, 4.69) is 22.4 Å². The van der Waals surface area contributed by atoms with Gasteiger partial charge in [0.2, 0.25) is 11.0 Å². The lowest BCUT2D eigenvalue weighted by molar-refractivity contribution is -0.114. The van der Waals surface area contributed by atoms with Gasteiger partial charge in [0.05, 0.1) is 24.8 Å². The first-order valence-electron chi connectivity index (χ1n) is 9.95. The molecule has 0 radical (unpaired) electrons. The third kappa shape index (κ3) is 6.15. The fraction of sp³-hybridized carbons (Fsp3) is 0.286. The van der Waals surface area contributed by atoms with E-state index in [-0.39, 0.29) is 10.6 Å². The van der Waals surface area contributed by atoms with Crippen LogP contribution in [0.15, 0.2) is 57.8 Å². The fourth-order valence-corrected chi connectivity index (χ4v) is 5.94. The number of ether oxygens (including phenoxy) is 2. The van der Waals surface area contributed by atoms with Gasteiger partial charge in [-0.05, 0) is 30.7 Å². The Morgan fingerprint density at radius 1 is 1.09 bits per heavy atom. The van der Waals surface area contributed by atoms with Gasteiger partial charge in [0.15, 0.2) is 15.8 Å². The van der Waals surface area contributed by atoms with Crippen molar-refractivity contribution in [3.05, 3.63) is 48.5 Å². The Balaban J connectivity index is 1.91. The Kier molecular flexibility index (Phi) is 8.53. The Morgan fingerprint density at radius 2 is 1.82 bits per heavy atom. The zero-order valence-electron chi connectivity index (χ0n) is 18.3. The quantitative estimate of drug-likeness (QED) is 0.307. The smallest absolute Gasteiger partial charge is 0.264 e. The molecule has 3 rings (SSSR count). The van der Waals surface area contributed by atoms with E-state index in [1.807, 2.05) is 0 Å². The number of benzene rings is 2. The van der Waals surface area contributed by atoms with Crippen LogP contribution in [0, 0.1) is 0 Å². The van der Waals surface area contributed by atoms with Crippen LogP contribution >= 0.6 is 23.1 Å². The molecule has 1 N–H and O–H groups in total. The molecule has 0 bridgehead atoms. The number of aromatic nitrogens is 2. The average Bonchev–Trinajstić information content (AvgIpc) is 3.28. The van der Waals surface area contributed by atoms with E-state index in [0.717, 1.165) is 20.8 Å². The molecular formula is C21H24N4O5S3. The summed E-state index contributed by atoms with van der Waals surface area (Å²) in [6, 6.07) is 12.6. The van der Waals surface area contributed by atoms with Crippen molar-refractivity contribution >= 4 is 49.8 Å². The maximum absolute atomic E-state index is 13.4. The number of rotatable bonds is 11. The number of amides is 1. The highest BCUT2D eigenvalue weighted by Crippen LogP contribution is 2.34. The second kappa shape index (κ2) is 11.3. The van der Waals surface area contributed by atoms with Crippen LogP contribution in [-0.4, -0.2) is 51.0 Å². The summed E-state index contributed by atoms with van der Waals surface area (Å²) in [6.07, 6.45) is 0.990. The Morgan fingerprint density at radius 3 is 2.48 bits per heavy atom. The predicted molar refractivity (Wildman–Crippen MR) is 130 cm³/mol. The van der Waals surface area contributed by atoms with E-state index >= 15 is 0 Å². The number of hydrogen-bond donors (Lipinski definition) is 1. The van der Waals surface area contributed by atoms with Crippen LogP contribution in [0.4, 0.5) is 10.8 Å². The number of hydrogen-bond acceptors (Lipinski definition) is 9. The SMILES string of the molecule is CCCSc1nnc(NC(=O)CN(c2ccc(OC)c(OC)c2)S(=O)(=O)c2ccccc2)s1. The van der Waals surface area contributed by atoms with E-state index in [1.54, 1.807) is 42.1 Å². The largest absolute Gasteiger partial charge is 0.493 e. The van der Waals surface area contributed by atoms with Crippen LogP contribution in [0.25, 0.3) is 0 Å². The van der Waals surface area contributed by atoms with Gasteiger partial charge in [-0.15, -0.1) is 10.2 Å². The minimum atomic E-state index is -4.05. The molecule has 0 saturated heterocycles. The van der Waals surface area contributed by atoms with Crippen LogP contribution in [0.3, 0.4) is 0 Å². The van der Waals surface area contributed by atoms with Crippen molar-refractivity contribution in [3.8, 4) is 11.5 Å².